The summed E-state index contributed by atoms with van der Waals surface area (Å²) in [5.41, 5.74) is 4.80. The van der Waals surface area contributed by atoms with E-state index in [1.54, 1.807) is 0 Å². The molecule has 5 rings (SSSR count). The maximum atomic E-state index is 14.3. The highest BCUT2D eigenvalue weighted by atomic mass is 16.5. The smallest absolute Gasteiger partial charge is 0.195 e. The Morgan fingerprint density at radius 3 is 2.15 bits per heavy atom. The lowest BCUT2D eigenvalue weighted by Crippen LogP contribution is -2.45. The predicted octanol–water partition coefficient (Wildman–Crippen LogP) is 7.95. The quantitative estimate of drug-likeness (QED) is 0.294. The minimum Gasteiger partial charge on any atom is -0.507 e. The number of nitrogens with one attached hydrogen (secondary N) is 2. The lowest BCUT2D eigenvalue weighted by atomic mass is 9.77. The number of aromatic hydroxyl groups is 1. The van der Waals surface area contributed by atoms with Gasteiger partial charge in [-0.3, -0.25) is 4.79 Å². The zero-order valence-electron chi connectivity index (χ0n) is 24.2. The van der Waals surface area contributed by atoms with Crippen LogP contribution in [0.2, 0.25) is 0 Å². The molecule has 0 amide bonds. The fourth-order valence-corrected chi connectivity index (χ4v) is 5.88. The van der Waals surface area contributed by atoms with Crippen molar-refractivity contribution in [1.29, 1.82) is 0 Å². The Balaban J connectivity index is 1.59. The van der Waals surface area contributed by atoms with Crippen LogP contribution in [0.25, 0.3) is 0 Å². The molecule has 3 aromatic carbocycles. The topological polar surface area (TPSA) is 70.6 Å². The minimum atomic E-state index is -0.319. The van der Waals surface area contributed by atoms with Crippen molar-refractivity contribution in [3.63, 3.8) is 0 Å². The lowest BCUT2D eigenvalue weighted by Gasteiger charge is -2.38. The van der Waals surface area contributed by atoms with Crippen LogP contribution in [0.5, 0.6) is 11.5 Å². The Morgan fingerprint density at radius 1 is 0.949 bits per heavy atom. The number of anilines is 2. The number of ketones is 1. The fourth-order valence-electron chi connectivity index (χ4n) is 5.88. The van der Waals surface area contributed by atoms with E-state index in [0.29, 0.717) is 30.0 Å². The Labute approximate surface area is 233 Å². The van der Waals surface area contributed by atoms with Gasteiger partial charge >= 0.3 is 0 Å². The minimum absolute atomic E-state index is 0.0667. The van der Waals surface area contributed by atoms with E-state index in [1.807, 2.05) is 42.5 Å². The summed E-state index contributed by atoms with van der Waals surface area (Å²) >= 11 is 0. The van der Waals surface area contributed by atoms with Crippen molar-refractivity contribution in [1.82, 2.24) is 0 Å². The number of carbonyl (C=O) groups excluding carboxylic acids is 1. The zero-order chi connectivity index (χ0) is 28.0. The molecule has 1 saturated carbocycles. The van der Waals surface area contributed by atoms with Gasteiger partial charge in [0.2, 0.25) is 0 Å². The molecule has 1 aliphatic carbocycles. The van der Waals surface area contributed by atoms with Crippen LogP contribution in [0.15, 0.2) is 54.6 Å². The number of hydrogen-bond donors (Lipinski definition) is 3. The lowest BCUT2D eigenvalue weighted by molar-refractivity contribution is 0.103. The molecule has 2 aliphatic rings. The first-order valence-corrected chi connectivity index (χ1v) is 14.2. The maximum absolute atomic E-state index is 14.3. The first-order valence-electron chi connectivity index (χ1n) is 14.2. The molecule has 1 heterocycles. The molecule has 0 aromatic heterocycles. The second-order valence-electron chi connectivity index (χ2n) is 13.4. The van der Waals surface area contributed by atoms with Crippen molar-refractivity contribution in [2.24, 2.45) is 0 Å². The van der Waals surface area contributed by atoms with Gasteiger partial charge in [-0.15, -0.1) is 0 Å². The van der Waals surface area contributed by atoms with Gasteiger partial charge in [0.1, 0.15) is 12.4 Å². The third-order valence-electron chi connectivity index (χ3n) is 8.16. The first kappa shape index (κ1) is 27.1. The maximum Gasteiger partial charge on any atom is 0.195 e. The summed E-state index contributed by atoms with van der Waals surface area (Å²) in [5.74, 6) is 0.920. The highest BCUT2D eigenvalue weighted by Gasteiger charge is 2.40. The van der Waals surface area contributed by atoms with Crippen molar-refractivity contribution in [2.45, 2.75) is 90.1 Å². The van der Waals surface area contributed by atoms with E-state index in [-0.39, 0.29) is 27.9 Å². The van der Waals surface area contributed by atoms with Gasteiger partial charge in [0.05, 0.1) is 16.9 Å². The molecule has 0 radical (unpaired) electrons. The third kappa shape index (κ3) is 5.36. The van der Waals surface area contributed by atoms with E-state index >= 15 is 0 Å². The van der Waals surface area contributed by atoms with Crippen LogP contribution in [0.4, 0.5) is 11.4 Å². The van der Waals surface area contributed by atoms with Crippen LogP contribution in [-0.2, 0) is 17.4 Å². The number of benzene rings is 3. The van der Waals surface area contributed by atoms with Crippen LogP contribution in [0.3, 0.4) is 0 Å². The molecule has 1 spiro atoms. The summed E-state index contributed by atoms with van der Waals surface area (Å²) in [6, 6.07) is 17.9. The normalized spacial score (nSPS) is 16.4. The van der Waals surface area contributed by atoms with Crippen molar-refractivity contribution in [3.05, 3.63) is 82.4 Å². The number of phenols is 1. The number of rotatable bonds is 5. The number of fused-ring (bicyclic) bond motifs is 1. The molecule has 5 nitrogen and oxygen atoms in total. The van der Waals surface area contributed by atoms with Crippen molar-refractivity contribution < 1.29 is 14.6 Å². The molecule has 5 heteroatoms. The van der Waals surface area contributed by atoms with Gasteiger partial charge in [0.25, 0.3) is 0 Å². The van der Waals surface area contributed by atoms with Gasteiger partial charge in [-0.25, -0.2) is 0 Å². The average Bonchev–Trinajstić information content (AvgIpc) is 3.33. The standard InChI is InChI=1S/C34H42N2O3/c1-32(2,3)25-18-23(19-26(30(25)38)33(4,5)6)29(37)24-14-15-27(35-20-22-12-8-7-9-13-22)31-28(24)36-34(21-39-31)16-10-11-17-34/h7-9,12-15,18-19,35-36,38H,10-11,16-17,20-21H2,1-6H3. The van der Waals surface area contributed by atoms with Crippen LogP contribution < -0.4 is 15.4 Å². The average molecular weight is 527 g/mol. The molecule has 3 aromatic rings. The van der Waals surface area contributed by atoms with Crippen molar-refractivity contribution in [3.8, 4) is 11.5 Å². The van der Waals surface area contributed by atoms with Crippen LogP contribution in [0.1, 0.15) is 99.8 Å². The third-order valence-corrected chi connectivity index (χ3v) is 8.16. The van der Waals surface area contributed by atoms with Crippen molar-refractivity contribution in [2.75, 3.05) is 17.2 Å². The molecule has 3 N–H and O–H groups in total. The molecule has 39 heavy (non-hydrogen) atoms. The highest BCUT2D eigenvalue weighted by molar-refractivity contribution is 6.14. The number of ether oxygens (including phenoxy) is 1. The van der Waals surface area contributed by atoms with Crippen LogP contribution >= 0.6 is 0 Å². The number of carbonyl (C=O) groups is 1. The fraction of sp³-hybridized carbons (Fsp3) is 0.441. The summed E-state index contributed by atoms with van der Waals surface area (Å²) in [6.07, 6.45) is 4.37. The molecular formula is C34H42N2O3. The van der Waals surface area contributed by atoms with Gasteiger partial charge < -0.3 is 20.5 Å². The first-order chi connectivity index (χ1) is 18.4. The van der Waals surface area contributed by atoms with Gasteiger partial charge in [-0.1, -0.05) is 84.7 Å². The zero-order valence-corrected chi connectivity index (χ0v) is 24.2. The molecule has 0 saturated heterocycles. The van der Waals surface area contributed by atoms with E-state index in [2.05, 4.69) is 64.3 Å². The van der Waals surface area contributed by atoms with E-state index in [1.165, 1.54) is 5.56 Å². The van der Waals surface area contributed by atoms with Gasteiger partial charge in [-0.2, -0.15) is 0 Å². The Bertz CT molecular complexity index is 1340. The molecule has 0 bridgehead atoms. The number of phenolic OH excluding ortho intramolecular Hbond substituents is 1. The van der Waals surface area contributed by atoms with Gasteiger partial charge in [-0.05, 0) is 53.5 Å². The largest absolute Gasteiger partial charge is 0.507 e. The summed E-state index contributed by atoms with van der Waals surface area (Å²) in [7, 11) is 0. The molecular weight excluding hydrogens is 484 g/mol. The Morgan fingerprint density at radius 2 is 1.56 bits per heavy atom. The molecule has 1 fully saturated rings. The predicted molar refractivity (Wildman–Crippen MR) is 159 cm³/mol. The second-order valence-corrected chi connectivity index (χ2v) is 13.4. The number of hydrogen-bond acceptors (Lipinski definition) is 5. The Kier molecular flexibility index (Phi) is 6.90. The summed E-state index contributed by atoms with van der Waals surface area (Å²) in [6.45, 7) is 13.7. The molecule has 1 aliphatic heterocycles. The molecule has 206 valence electrons. The van der Waals surface area contributed by atoms with Gasteiger partial charge in [0, 0.05) is 28.8 Å². The molecule has 0 atom stereocenters. The van der Waals surface area contributed by atoms with E-state index in [4.69, 9.17) is 4.74 Å². The molecule has 0 unspecified atom stereocenters. The highest BCUT2D eigenvalue weighted by Crippen LogP contribution is 2.47. The van der Waals surface area contributed by atoms with Crippen molar-refractivity contribution >= 4 is 17.2 Å². The summed E-state index contributed by atoms with van der Waals surface area (Å²) in [4.78, 5) is 14.3. The summed E-state index contributed by atoms with van der Waals surface area (Å²) in [5, 5.41) is 18.5. The van der Waals surface area contributed by atoms with E-state index < -0.39 is 0 Å². The monoisotopic (exact) mass is 526 g/mol. The van der Waals surface area contributed by atoms with Crippen LogP contribution in [0, 0.1) is 0 Å². The Hall–Kier alpha value is -3.47. The summed E-state index contributed by atoms with van der Waals surface area (Å²) < 4.78 is 6.47. The second kappa shape index (κ2) is 9.93. The van der Waals surface area contributed by atoms with E-state index in [9.17, 15) is 9.90 Å². The van der Waals surface area contributed by atoms with Crippen LogP contribution in [-0.4, -0.2) is 23.0 Å². The van der Waals surface area contributed by atoms with E-state index in [0.717, 1.165) is 48.2 Å². The SMILES string of the molecule is CC(C)(C)c1cc(C(=O)c2ccc(NCc3ccccc3)c3c2NC2(CCCC2)CO3)cc(C(C)(C)C)c1O. The van der Waals surface area contributed by atoms with Gasteiger partial charge in [0.15, 0.2) is 11.5 Å².